The van der Waals surface area contributed by atoms with E-state index in [-0.39, 0.29) is 80.7 Å². The van der Waals surface area contributed by atoms with Gasteiger partial charge in [0.15, 0.2) is 0 Å². The van der Waals surface area contributed by atoms with Gasteiger partial charge >= 0.3 is 65.1 Å². The Kier molecular flexibility index (Phi) is 25.9. The molecule has 0 rings (SSSR count). The van der Waals surface area contributed by atoms with Gasteiger partial charge in [-0.1, -0.05) is 64.7 Å². The van der Waals surface area contributed by atoms with Crippen LogP contribution >= 0.6 is 0 Å². The quantitative estimate of drug-likeness (QED) is 0.160. The summed E-state index contributed by atoms with van der Waals surface area (Å²) in [6.45, 7) is 3.18. The summed E-state index contributed by atoms with van der Waals surface area (Å²) in [4.78, 5) is 12.6. The van der Waals surface area contributed by atoms with Crippen LogP contribution < -0.4 is 59.1 Å². The van der Waals surface area contributed by atoms with Crippen LogP contribution in [0.4, 0.5) is 0 Å². The zero-order valence-electron chi connectivity index (χ0n) is 19.1. The summed E-state index contributed by atoms with van der Waals surface area (Å²) in [5.74, 6) is -1.23. The number of hydrogen-bond acceptors (Lipinski definition) is 4. The van der Waals surface area contributed by atoms with E-state index in [0.29, 0.717) is 13.1 Å². The summed E-state index contributed by atoms with van der Waals surface area (Å²) in [6, 6.07) is 0. The molecule has 0 atom stereocenters. The Morgan fingerprint density at radius 3 is 1.69 bits per heavy atom. The molecule has 0 aliphatic heterocycles. The Labute approximate surface area is 207 Å². The van der Waals surface area contributed by atoms with Crippen LogP contribution in [0.1, 0.15) is 80.4 Å². The van der Waals surface area contributed by atoms with Crippen molar-refractivity contribution in [2.75, 3.05) is 25.4 Å². The van der Waals surface area contributed by atoms with Gasteiger partial charge in [0.25, 0.3) is 10.1 Å². The van der Waals surface area contributed by atoms with Crippen molar-refractivity contribution in [2.45, 2.75) is 77.6 Å². The molecule has 26 heavy (non-hydrogen) atoms. The Hall–Kier alpha value is 1.34. The van der Waals surface area contributed by atoms with Gasteiger partial charge in [0.2, 0.25) is 0 Å². The second kappa shape index (κ2) is 21.1. The van der Waals surface area contributed by atoms with Gasteiger partial charge in [0.1, 0.15) is 0 Å². The van der Waals surface area contributed by atoms with Crippen LogP contribution in [0.5, 0.6) is 0 Å². The summed E-state index contributed by atoms with van der Waals surface area (Å²) < 4.78 is 30.1. The first-order valence-electron chi connectivity index (χ1n) is 9.24. The smallest absolute Gasteiger partial charge is 1.00 e. The maximum absolute atomic E-state index is 10.8. The number of carboxylic acid groups (broad SMARTS) is 1. The zero-order valence-corrected chi connectivity index (χ0v) is 21.9. The van der Waals surface area contributed by atoms with E-state index in [0.717, 1.165) is 12.8 Å². The van der Waals surface area contributed by atoms with Gasteiger partial charge < -0.3 is 7.96 Å². The predicted octanol–water partition coefficient (Wildman–Crippen LogP) is -2.20. The third kappa shape index (κ3) is 25.3. The minimum atomic E-state index is -3.97. The van der Waals surface area contributed by atoms with Gasteiger partial charge in [0, 0.05) is 0 Å². The molecule has 0 saturated carbocycles. The molecule has 0 heterocycles. The molecular weight excluding hydrogens is 376 g/mol. The van der Waals surface area contributed by atoms with Crippen LogP contribution in [0, 0.1) is 0 Å². The molecular formula is C17H37NNa2O5S. The van der Waals surface area contributed by atoms with Gasteiger partial charge in [0.05, 0.1) is 12.3 Å². The SMILES string of the molecule is CCCCCCCCCCCCN(CCCS(=O)(=O)O)CC(=O)O.[H-].[H-].[Na+].[Na+]. The summed E-state index contributed by atoms with van der Waals surface area (Å²) in [5, 5.41) is 8.90. The van der Waals surface area contributed by atoms with Crippen molar-refractivity contribution in [1.29, 1.82) is 0 Å². The number of carbonyl (C=O) groups is 1. The Morgan fingerprint density at radius 1 is 0.846 bits per heavy atom. The standard InChI is InChI=1S/C17H35NO5S.2Na.2H/c1-2-3-4-5-6-7-8-9-10-11-13-18(16-17(19)20)14-12-15-24(21,22)23;;;;/h2-16H2,1H3,(H,19,20)(H,21,22,23);;;;/q;2*+1;2*-1. The maximum atomic E-state index is 10.8. The van der Waals surface area contributed by atoms with E-state index in [1.54, 1.807) is 4.90 Å². The maximum Gasteiger partial charge on any atom is 1.00 e. The molecule has 0 unspecified atom stereocenters. The Balaban J connectivity index is -0.000000441. The van der Waals surface area contributed by atoms with Gasteiger partial charge in [-0.3, -0.25) is 14.2 Å². The first-order valence-corrected chi connectivity index (χ1v) is 10.9. The molecule has 0 aromatic heterocycles. The average Bonchev–Trinajstić information content (AvgIpc) is 2.47. The van der Waals surface area contributed by atoms with Crippen molar-refractivity contribution >= 4 is 16.1 Å². The summed E-state index contributed by atoms with van der Waals surface area (Å²) in [6.07, 6.45) is 12.5. The topological polar surface area (TPSA) is 94.9 Å². The summed E-state index contributed by atoms with van der Waals surface area (Å²) in [7, 11) is -3.97. The predicted molar refractivity (Wildman–Crippen MR) is 99.2 cm³/mol. The second-order valence-corrected chi connectivity index (χ2v) is 8.06. The molecule has 0 fully saturated rings. The van der Waals surface area contributed by atoms with Gasteiger partial charge in [-0.15, -0.1) is 0 Å². The number of aliphatic carboxylic acids is 1. The van der Waals surface area contributed by atoms with E-state index < -0.39 is 16.1 Å². The number of carboxylic acids is 1. The molecule has 0 aromatic rings. The van der Waals surface area contributed by atoms with Crippen LogP contribution in [0.15, 0.2) is 0 Å². The number of nitrogens with zero attached hydrogens (tertiary/aromatic N) is 1. The van der Waals surface area contributed by atoms with E-state index in [4.69, 9.17) is 9.66 Å². The molecule has 0 radical (unpaired) electrons. The van der Waals surface area contributed by atoms with Crippen LogP contribution in [0.2, 0.25) is 0 Å². The van der Waals surface area contributed by atoms with Crippen LogP contribution in [-0.4, -0.2) is 54.3 Å². The number of unbranched alkanes of at least 4 members (excludes halogenated alkanes) is 9. The average molecular weight is 414 g/mol. The molecule has 0 aliphatic rings. The van der Waals surface area contributed by atoms with Crippen molar-refractivity contribution < 1.29 is 84.8 Å². The Morgan fingerprint density at radius 2 is 1.27 bits per heavy atom. The molecule has 0 spiro atoms. The van der Waals surface area contributed by atoms with Crippen LogP contribution in [0.3, 0.4) is 0 Å². The van der Waals surface area contributed by atoms with E-state index >= 15 is 0 Å². The van der Waals surface area contributed by atoms with Crippen molar-refractivity contribution in [3.05, 3.63) is 0 Å². The van der Waals surface area contributed by atoms with E-state index in [2.05, 4.69) is 6.92 Å². The molecule has 0 saturated heterocycles. The third-order valence-corrected chi connectivity index (χ3v) is 4.87. The second-order valence-electron chi connectivity index (χ2n) is 6.49. The van der Waals surface area contributed by atoms with E-state index in [9.17, 15) is 13.2 Å². The Bertz CT molecular complexity index is 432. The minimum Gasteiger partial charge on any atom is -1.00 e. The van der Waals surface area contributed by atoms with E-state index in [1.807, 2.05) is 0 Å². The first kappa shape index (κ1) is 32.0. The van der Waals surface area contributed by atoms with Crippen molar-refractivity contribution in [3.63, 3.8) is 0 Å². The third-order valence-electron chi connectivity index (χ3n) is 4.06. The van der Waals surface area contributed by atoms with Crippen molar-refractivity contribution in [2.24, 2.45) is 0 Å². The first-order chi connectivity index (χ1) is 11.3. The molecule has 9 heteroatoms. The molecule has 0 amide bonds. The fourth-order valence-corrected chi connectivity index (χ4v) is 3.25. The minimum absolute atomic E-state index is 0. The van der Waals surface area contributed by atoms with Gasteiger partial charge in [-0.25, -0.2) is 0 Å². The summed E-state index contributed by atoms with van der Waals surface area (Å²) in [5.41, 5.74) is 0. The summed E-state index contributed by atoms with van der Waals surface area (Å²) >= 11 is 0. The molecule has 6 nitrogen and oxygen atoms in total. The molecule has 148 valence electrons. The van der Waals surface area contributed by atoms with Crippen LogP contribution in [-0.2, 0) is 14.9 Å². The van der Waals surface area contributed by atoms with Crippen molar-refractivity contribution in [3.8, 4) is 0 Å². The monoisotopic (exact) mass is 413 g/mol. The molecule has 2 N–H and O–H groups in total. The van der Waals surface area contributed by atoms with Crippen molar-refractivity contribution in [1.82, 2.24) is 4.90 Å². The number of hydrogen-bond donors (Lipinski definition) is 2. The normalized spacial score (nSPS) is 11.0. The van der Waals surface area contributed by atoms with Crippen LogP contribution in [0.25, 0.3) is 0 Å². The van der Waals surface area contributed by atoms with Gasteiger partial charge in [-0.2, -0.15) is 8.42 Å². The largest absolute Gasteiger partial charge is 1.00 e. The van der Waals surface area contributed by atoms with E-state index in [1.165, 1.54) is 51.4 Å². The fourth-order valence-electron chi connectivity index (χ4n) is 2.75. The molecule has 0 aliphatic carbocycles. The number of rotatable bonds is 17. The molecule has 0 aromatic carbocycles. The zero-order chi connectivity index (χ0) is 18.3. The fraction of sp³-hybridized carbons (Fsp3) is 0.941. The molecule has 0 bridgehead atoms. The van der Waals surface area contributed by atoms with Gasteiger partial charge in [-0.05, 0) is 25.9 Å².